The summed E-state index contributed by atoms with van der Waals surface area (Å²) in [5.41, 5.74) is 5.83. The minimum absolute atomic E-state index is 0.623. The molecule has 0 N–H and O–H groups in total. The van der Waals surface area contributed by atoms with Crippen molar-refractivity contribution >= 4 is 5.57 Å². The number of hydrogen-bond donors (Lipinski definition) is 0. The molecule has 0 aliphatic heterocycles. The van der Waals surface area contributed by atoms with Gasteiger partial charge in [-0.15, -0.1) is 0 Å². The van der Waals surface area contributed by atoms with E-state index in [2.05, 4.69) is 57.2 Å². The fraction of sp³-hybridized carbons (Fsp3) is 0.333. The Hall–Kier alpha value is -1.30. The summed E-state index contributed by atoms with van der Waals surface area (Å²) in [6.07, 6.45) is 5.65. The molecule has 0 bridgehead atoms. The summed E-state index contributed by atoms with van der Waals surface area (Å²) in [7, 11) is 0. The maximum Gasteiger partial charge on any atom is -0.00853 e. The van der Waals surface area contributed by atoms with Crippen LogP contribution in [0.2, 0.25) is 0 Å². The van der Waals surface area contributed by atoms with E-state index in [0.717, 1.165) is 6.42 Å². The highest BCUT2D eigenvalue weighted by Crippen LogP contribution is 2.34. The van der Waals surface area contributed by atoms with Crippen LogP contribution in [-0.4, -0.2) is 0 Å². The van der Waals surface area contributed by atoms with E-state index in [1.165, 1.54) is 22.3 Å². The van der Waals surface area contributed by atoms with Gasteiger partial charge in [-0.05, 0) is 41.5 Å². The van der Waals surface area contributed by atoms with Crippen molar-refractivity contribution < 1.29 is 0 Å². The number of allylic oxidation sites excluding steroid dienone is 4. The van der Waals surface area contributed by atoms with Crippen molar-refractivity contribution in [3.63, 3.8) is 0 Å². The van der Waals surface area contributed by atoms with Crippen LogP contribution in [-0.2, 0) is 0 Å². The Bertz CT molecular complexity index is 419. The lowest BCUT2D eigenvalue weighted by Crippen LogP contribution is -1.95. The number of rotatable bonds is 2. The second kappa shape index (κ2) is 4.06. The van der Waals surface area contributed by atoms with Gasteiger partial charge in [0.05, 0.1) is 0 Å². The molecule has 0 radical (unpaired) electrons. The van der Waals surface area contributed by atoms with Gasteiger partial charge in [0.1, 0.15) is 0 Å². The zero-order chi connectivity index (χ0) is 10.8. The summed E-state index contributed by atoms with van der Waals surface area (Å²) < 4.78 is 0. The Morgan fingerprint density at radius 1 is 1.13 bits per heavy atom. The monoisotopic (exact) mass is 198 g/mol. The molecule has 0 saturated heterocycles. The Balaban J connectivity index is 2.48. The van der Waals surface area contributed by atoms with Gasteiger partial charge >= 0.3 is 0 Å². The van der Waals surface area contributed by atoms with Crippen LogP contribution in [0, 0.1) is 12.8 Å². The van der Waals surface area contributed by atoms with E-state index in [4.69, 9.17) is 0 Å². The predicted molar refractivity (Wildman–Crippen MR) is 66.7 cm³/mol. The lowest BCUT2D eigenvalue weighted by molar-refractivity contribution is 0.796. The third-order valence-corrected chi connectivity index (χ3v) is 3.06. The third-order valence-electron chi connectivity index (χ3n) is 3.06. The average Bonchev–Trinajstić information content (AvgIpc) is 2.67. The van der Waals surface area contributed by atoms with Crippen molar-refractivity contribution in [2.45, 2.75) is 27.2 Å². The molecule has 0 unspecified atom stereocenters. The zero-order valence-electron chi connectivity index (χ0n) is 9.75. The van der Waals surface area contributed by atoms with Gasteiger partial charge in [0.15, 0.2) is 0 Å². The van der Waals surface area contributed by atoms with Gasteiger partial charge in [-0.1, -0.05) is 50.3 Å². The SMILES string of the molecule is Cc1ccccc1C1=C(C(C)C)C=CC1. The van der Waals surface area contributed by atoms with Crippen LogP contribution in [0.1, 0.15) is 31.4 Å². The molecule has 1 aliphatic rings. The summed E-state index contributed by atoms with van der Waals surface area (Å²) in [5.74, 6) is 0.623. The first-order chi connectivity index (χ1) is 7.20. The second-order valence-corrected chi connectivity index (χ2v) is 4.51. The molecule has 0 amide bonds. The topological polar surface area (TPSA) is 0 Å². The first-order valence-electron chi connectivity index (χ1n) is 5.65. The average molecular weight is 198 g/mol. The molecule has 0 saturated carbocycles. The third kappa shape index (κ3) is 1.90. The molecular weight excluding hydrogens is 180 g/mol. The van der Waals surface area contributed by atoms with E-state index in [9.17, 15) is 0 Å². The largest absolute Gasteiger partial charge is 0.0798 e. The molecule has 0 heterocycles. The highest BCUT2D eigenvalue weighted by molar-refractivity contribution is 5.76. The number of hydrogen-bond acceptors (Lipinski definition) is 0. The molecule has 0 spiro atoms. The molecule has 78 valence electrons. The molecule has 2 rings (SSSR count). The van der Waals surface area contributed by atoms with Crippen LogP contribution in [0.25, 0.3) is 5.57 Å². The van der Waals surface area contributed by atoms with Crippen molar-refractivity contribution in [1.29, 1.82) is 0 Å². The summed E-state index contributed by atoms with van der Waals surface area (Å²) in [6, 6.07) is 8.67. The van der Waals surface area contributed by atoms with Gasteiger partial charge in [-0.25, -0.2) is 0 Å². The number of benzene rings is 1. The van der Waals surface area contributed by atoms with Gasteiger partial charge in [0.25, 0.3) is 0 Å². The Morgan fingerprint density at radius 2 is 1.87 bits per heavy atom. The molecule has 1 aromatic rings. The second-order valence-electron chi connectivity index (χ2n) is 4.51. The molecule has 1 aromatic carbocycles. The first-order valence-corrected chi connectivity index (χ1v) is 5.65. The minimum Gasteiger partial charge on any atom is -0.0798 e. The molecule has 15 heavy (non-hydrogen) atoms. The predicted octanol–water partition coefficient (Wildman–Crippen LogP) is 4.36. The fourth-order valence-electron chi connectivity index (χ4n) is 2.24. The molecular formula is C15H18. The van der Waals surface area contributed by atoms with E-state index in [-0.39, 0.29) is 0 Å². The van der Waals surface area contributed by atoms with Crippen molar-refractivity contribution in [3.8, 4) is 0 Å². The molecule has 0 heteroatoms. The molecule has 0 atom stereocenters. The summed E-state index contributed by atoms with van der Waals surface area (Å²) in [5, 5.41) is 0. The lowest BCUT2D eigenvalue weighted by Gasteiger charge is -2.12. The molecule has 0 nitrogen and oxygen atoms in total. The smallest absolute Gasteiger partial charge is 0.00853 e. The van der Waals surface area contributed by atoms with E-state index in [1.807, 2.05) is 0 Å². The maximum absolute atomic E-state index is 2.28. The van der Waals surface area contributed by atoms with Crippen LogP contribution < -0.4 is 0 Å². The van der Waals surface area contributed by atoms with Gasteiger partial charge in [0, 0.05) is 0 Å². The number of aryl methyl sites for hydroxylation is 1. The lowest BCUT2D eigenvalue weighted by atomic mass is 9.92. The van der Waals surface area contributed by atoms with Crippen LogP contribution >= 0.6 is 0 Å². The van der Waals surface area contributed by atoms with Gasteiger partial charge in [-0.2, -0.15) is 0 Å². The van der Waals surface area contributed by atoms with E-state index in [0.29, 0.717) is 5.92 Å². The normalized spacial score (nSPS) is 15.5. The van der Waals surface area contributed by atoms with Gasteiger partial charge in [-0.3, -0.25) is 0 Å². The standard InChI is InChI=1S/C15H18/c1-11(2)13-9-6-10-15(13)14-8-5-4-7-12(14)3/h4-9,11H,10H2,1-3H3. The van der Waals surface area contributed by atoms with Crippen molar-refractivity contribution in [3.05, 3.63) is 53.1 Å². The first kappa shape index (κ1) is 10.2. The van der Waals surface area contributed by atoms with Crippen molar-refractivity contribution in [1.82, 2.24) is 0 Å². The minimum atomic E-state index is 0.623. The van der Waals surface area contributed by atoms with Gasteiger partial charge < -0.3 is 0 Å². The zero-order valence-corrected chi connectivity index (χ0v) is 9.75. The van der Waals surface area contributed by atoms with E-state index < -0.39 is 0 Å². The van der Waals surface area contributed by atoms with Crippen LogP contribution in [0.4, 0.5) is 0 Å². The van der Waals surface area contributed by atoms with Gasteiger partial charge in [0.2, 0.25) is 0 Å². The van der Waals surface area contributed by atoms with Crippen molar-refractivity contribution in [2.24, 2.45) is 5.92 Å². The summed E-state index contributed by atoms with van der Waals surface area (Å²) in [6.45, 7) is 6.73. The summed E-state index contributed by atoms with van der Waals surface area (Å²) in [4.78, 5) is 0. The van der Waals surface area contributed by atoms with Crippen LogP contribution in [0.3, 0.4) is 0 Å². The molecule has 0 fully saturated rings. The Morgan fingerprint density at radius 3 is 2.53 bits per heavy atom. The van der Waals surface area contributed by atoms with E-state index in [1.54, 1.807) is 0 Å². The van der Waals surface area contributed by atoms with E-state index >= 15 is 0 Å². The quantitative estimate of drug-likeness (QED) is 0.662. The maximum atomic E-state index is 2.28. The van der Waals surface area contributed by atoms with Crippen molar-refractivity contribution in [2.75, 3.05) is 0 Å². The van der Waals surface area contributed by atoms with Crippen LogP contribution in [0.15, 0.2) is 42.0 Å². The Kier molecular flexibility index (Phi) is 2.77. The molecule has 1 aliphatic carbocycles. The summed E-state index contributed by atoms with van der Waals surface area (Å²) >= 11 is 0. The molecule has 0 aromatic heterocycles. The van der Waals surface area contributed by atoms with Crippen LogP contribution in [0.5, 0.6) is 0 Å². The fourth-order valence-corrected chi connectivity index (χ4v) is 2.24. The highest BCUT2D eigenvalue weighted by atomic mass is 14.2. The Labute approximate surface area is 92.3 Å². The highest BCUT2D eigenvalue weighted by Gasteiger charge is 2.14.